The van der Waals surface area contributed by atoms with Crippen LogP contribution in [0, 0.1) is 31.3 Å². The van der Waals surface area contributed by atoms with Gasteiger partial charge in [0.05, 0.1) is 18.9 Å². The Kier molecular flexibility index (Phi) is 5.07. The molecule has 14 heteroatoms. The zero-order chi connectivity index (χ0) is 23.2. The molecule has 0 amide bonds. The Labute approximate surface area is 177 Å². The van der Waals surface area contributed by atoms with E-state index < -0.39 is 48.5 Å². The standard InChI is InChI=1S/C18H16FN5O8/c1-3-18(5-25)8(12(30-16(26)27)11-7(2)29-17(28)31-11)4-9(32-18)24-6-21-10-13(20)22-15(19)23-14(10)24/h1,6,8-9,12,25H,4-5H2,2H3,(H,26,27)(H2,20,22,23)/t8-,9+,12?,18+/m0/s1. The van der Waals surface area contributed by atoms with Crippen LogP contribution in [0.15, 0.2) is 20.0 Å². The van der Waals surface area contributed by atoms with Crippen LogP contribution >= 0.6 is 0 Å². The van der Waals surface area contributed by atoms with E-state index in [1.54, 1.807) is 0 Å². The van der Waals surface area contributed by atoms with Crippen molar-refractivity contribution < 1.29 is 37.7 Å². The maximum Gasteiger partial charge on any atom is 0.519 e. The van der Waals surface area contributed by atoms with Gasteiger partial charge in [0.15, 0.2) is 40.2 Å². The molecule has 4 heterocycles. The number of rotatable bonds is 5. The smallest absolute Gasteiger partial charge is 0.450 e. The minimum absolute atomic E-state index is 0.00811. The van der Waals surface area contributed by atoms with E-state index in [0.717, 1.165) is 0 Å². The topological polar surface area (TPSA) is 189 Å². The predicted molar refractivity (Wildman–Crippen MR) is 100 cm³/mol. The molecule has 0 saturated carbocycles. The number of aromatic nitrogens is 4. The molecule has 13 nitrogen and oxygen atoms in total. The maximum absolute atomic E-state index is 13.7. The first-order chi connectivity index (χ1) is 15.2. The van der Waals surface area contributed by atoms with Crippen LogP contribution in [-0.4, -0.2) is 48.1 Å². The van der Waals surface area contributed by atoms with Gasteiger partial charge in [-0.1, -0.05) is 5.92 Å². The zero-order valence-corrected chi connectivity index (χ0v) is 16.4. The molecule has 4 atom stereocenters. The largest absolute Gasteiger partial charge is 0.519 e. The molecule has 1 saturated heterocycles. The molecule has 3 aromatic rings. The molecule has 0 radical (unpaired) electrons. The lowest BCUT2D eigenvalue weighted by molar-refractivity contribution is -0.0950. The molecular formula is C18H16FN5O8. The molecule has 0 aromatic carbocycles. The monoisotopic (exact) mass is 449 g/mol. The van der Waals surface area contributed by atoms with Crippen LogP contribution in [0.25, 0.3) is 11.2 Å². The summed E-state index contributed by atoms with van der Waals surface area (Å²) >= 11 is 0. The van der Waals surface area contributed by atoms with Gasteiger partial charge in [-0.3, -0.25) is 4.57 Å². The number of nitrogens with zero attached hydrogens (tertiary/aromatic N) is 4. The fourth-order valence-corrected chi connectivity index (χ4v) is 3.83. The summed E-state index contributed by atoms with van der Waals surface area (Å²) in [6, 6.07) is 0. The third-order valence-electron chi connectivity index (χ3n) is 5.24. The third-order valence-corrected chi connectivity index (χ3v) is 5.24. The molecule has 1 aliphatic rings. The number of nitrogen functional groups attached to an aromatic ring is 1. The number of fused-ring (bicyclic) bond motifs is 1. The van der Waals surface area contributed by atoms with Crippen LogP contribution in [0.4, 0.5) is 15.0 Å². The van der Waals surface area contributed by atoms with Gasteiger partial charge in [-0.2, -0.15) is 14.4 Å². The first kappa shape index (κ1) is 21.3. The number of imidazole rings is 1. The van der Waals surface area contributed by atoms with E-state index in [2.05, 4.69) is 20.9 Å². The second-order valence-corrected chi connectivity index (χ2v) is 6.99. The van der Waals surface area contributed by atoms with E-state index in [0.29, 0.717) is 0 Å². The molecule has 0 aliphatic carbocycles. The van der Waals surface area contributed by atoms with Gasteiger partial charge >= 0.3 is 18.1 Å². The number of terminal acetylenes is 1. The number of aliphatic hydroxyl groups excluding tert-OH is 1. The summed E-state index contributed by atoms with van der Waals surface area (Å²) in [5.74, 6) is -0.272. The third kappa shape index (κ3) is 3.33. The molecule has 4 rings (SSSR count). The molecule has 168 valence electrons. The Morgan fingerprint density at radius 1 is 1.53 bits per heavy atom. The van der Waals surface area contributed by atoms with Gasteiger partial charge in [0, 0.05) is 6.42 Å². The quantitative estimate of drug-likeness (QED) is 0.282. The minimum atomic E-state index is -1.78. The van der Waals surface area contributed by atoms with Crippen LogP contribution in [0.3, 0.4) is 0 Å². The predicted octanol–water partition coefficient (Wildman–Crippen LogP) is 0.738. The van der Waals surface area contributed by atoms with Gasteiger partial charge < -0.3 is 34.3 Å². The average molecular weight is 449 g/mol. The number of hydrogen-bond acceptors (Lipinski definition) is 11. The number of aryl methyl sites for hydroxylation is 1. The normalized spacial score (nSPS) is 23.8. The summed E-state index contributed by atoms with van der Waals surface area (Å²) < 4.78 is 35.7. The van der Waals surface area contributed by atoms with Gasteiger partial charge in [-0.15, -0.1) is 6.42 Å². The number of carboxylic acid groups (broad SMARTS) is 1. The Morgan fingerprint density at radius 2 is 2.28 bits per heavy atom. The molecule has 3 aromatic heterocycles. The number of anilines is 1. The number of halogens is 1. The van der Waals surface area contributed by atoms with Crippen molar-refractivity contribution in [3.63, 3.8) is 0 Å². The molecule has 1 aliphatic heterocycles. The summed E-state index contributed by atoms with van der Waals surface area (Å²) in [4.78, 5) is 34.1. The SMILES string of the molecule is C#C[C@]1(CO)O[C@@H](n2cnc3c(N)nc(F)nc32)C[C@H]1C(OC(=O)O)c1oc(=O)oc1C. The molecule has 32 heavy (non-hydrogen) atoms. The number of ether oxygens (including phenoxy) is 2. The average Bonchev–Trinajstić information content (AvgIpc) is 3.41. The number of aliphatic hydroxyl groups is 1. The van der Waals surface area contributed by atoms with E-state index in [1.165, 1.54) is 17.8 Å². The maximum atomic E-state index is 13.7. The second kappa shape index (κ2) is 7.62. The van der Waals surface area contributed by atoms with Crippen LogP contribution in [0.1, 0.15) is 30.3 Å². The van der Waals surface area contributed by atoms with Gasteiger partial charge in [-0.05, 0) is 6.92 Å². The summed E-state index contributed by atoms with van der Waals surface area (Å²) in [6.07, 6.45) is 1.57. The van der Waals surface area contributed by atoms with E-state index >= 15 is 0 Å². The molecule has 1 fully saturated rings. The number of nitrogens with two attached hydrogens (primary N) is 1. The lowest BCUT2D eigenvalue weighted by Gasteiger charge is -2.31. The van der Waals surface area contributed by atoms with Crippen molar-refractivity contribution in [1.82, 2.24) is 19.5 Å². The van der Waals surface area contributed by atoms with Crippen molar-refractivity contribution in [3.8, 4) is 12.3 Å². The van der Waals surface area contributed by atoms with Crippen LogP contribution in [0.5, 0.6) is 0 Å². The van der Waals surface area contributed by atoms with Gasteiger partial charge in [-0.25, -0.2) is 14.6 Å². The molecule has 1 unspecified atom stereocenters. The second-order valence-electron chi connectivity index (χ2n) is 6.99. The Bertz CT molecular complexity index is 1290. The highest BCUT2D eigenvalue weighted by molar-refractivity contribution is 5.81. The summed E-state index contributed by atoms with van der Waals surface area (Å²) in [5.41, 5.74) is 4.00. The first-order valence-electron chi connectivity index (χ1n) is 9.11. The molecule has 0 spiro atoms. The molecule has 0 bridgehead atoms. The number of carbonyl (C=O) groups is 1. The summed E-state index contributed by atoms with van der Waals surface area (Å²) in [7, 11) is 0. The van der Waals surface area contributed by atoms with Gasteiger partial charge in [0.2, 0.25) is 0 Å². The fraction of sp³-hybridized carbons (Fsp3) is 0.389. The Balaban J connectivity index is 1.81. The van der Waals surface area contributed by atoms with E-state index in [1.807, 2.05) is 0 Å². The molecular weight excluding hydrogens is 433 g/mol. The number of hydrogen-bond donors (Lipinski definition) is 3. The van der Waals surface area contributed by atoms with Crippen molar-refractivity contribution in [1.29, 1.82) is 0 Å². The lowest BCUT2D eigenvalue weighted by Crippen LogP contribution is -2.42. The Hall–Kier alpha value is -3.96. The van der Waals surface area contributed by atoms with Crippen LogP contribution in [0.2, 0.25) is 0 Å². The highest BCUT2D eigenvalue weighted by Gasteiger charge is 2.55. The van der Waals surface area contributed by atoms with Crippen molar-refractivity contribution in [2.45, 2.75) is 31.3 Å². The molecule has 4 N–H and O–H groups in total. The van der Waals surface area contributed by atoms with E-state index in [4.69, 9.17) is 30.5 Å². The van der Waals surface area contributed by atoms with Gasteiger partial charge in [0.1, 0.15) is 6.23 Å². The van der Waals surface area contributed by atoms with Gasteiger partial charge in [0.25, 0.3) is 0 Å². The summed E-state index contributed by atoms with van der Waals surface area (Å²) in [6.45, 7) is 0.622. The van der Waals surface area contributed by atoms with Crippen molar-refractivity contribution in [2.24, 2.45) is 5.92 Å². The van der Waals surface area contributed by atoms with Crippen molar-refractivity contribution in [3.05, 3.63) is 34.5 Å². The highest BCUT2D eigenvalue weighted by Crippen LogP contribution is 2.49. The Morgan fingerprint density at radius 3 is 2.88 bits per heavy atom. The van der Waals surface area contributed by atoms with Crippen LogP contribution in [-0.2, 0) is 9.47 Å². The van der Waals surface area contributed by atoms with Crippen molar-refractivity contribution in [2.75, 3.05) is 12.3 Å². The minimum Gasteiger partial charge on any atom is -0.450 e. The zero-order valence-electron chi connectivity index (χ0n) is 16.4. The van der Waals surface area contributed by atoms with E-state index in [-0.39, 0.29) is 34.9 Å². The van der Waals surface area contributed by atoms with Crippen molar-refractivity contribution >= 4 is 23.1 Å². The highest BCUT2D eigenvalue weighted by atomic mass is 19.1. The summed E-state index contributed by atoms with van der Waals surface area (Å²) in [5, 5.41) is 19.3. The lowest BCUT2D eigenvalue weighted by atomic mass is 9.82. The van der Waals surface area contributed by atoms with Crippen LogP contribution < -0.4 is 11.6 Å². The fourth-order valence-electron chi connectivity index (χ4n) is 3.83. The first-order valence-corrected chi connectivity index (χ1v) is 9.11. The van der Waals surface area contributed by atoms with E-state index in [9.17, 15) is 24.2 Å².